The Balaban J connectivity index is 4.08. The van der Waals surface area contributed by atoms with Crippen molar-refractivity contribution in [2.45, 2.75) is 18.3 Å². The highest BCUT2D eigenvalue weighted by Crippen LogP contribution is 2.24. The van der Waals surface area contributed by atoms with Crippen molar-refractivity contribution >= 4 is 22.5 Å². The predicted octanol–water partition coefficient (Wildman–Crippen LogP) is 1.63. The molecule has 0 heterocycles. The van der Waals surface area contributed by atoms with Gasteiger partial charge in [-0.3, -0.25) is 0 Å². The van der Waals surface area contributed by atoms with Crippen molar-refractivity contribution in [3.63, 3.8) is 0 Å². The second-order valence-corrected chi connectivity index (χ2v) is 4.74. The first kappa shape index (κ1) is 12.1. The normalized spacial score (nSPS) is 13.3. The first-order valence-corrected chi connectivity index (χ1v) is 5.49. The average Bonchev–Trinajstić information content (AvgIpc) is 1.85. The van der Waals surface area contributed by atoms with Crippen molar-refractivity contribution in [2.75, 3.05) is 11.5 Å². The Bertz CT molecular complexity index is 219. The second-order valence-electron chi connectivity index (χ2n) is 2.20. The summed E-state index contributed by atoms with van der Waals surface area (Å²) >= 11 is 3.75. The summed E-state index contributed by atoms with van der Waals surface area (Å²) in [6.07, 6.45) is 0.379. The van der Waals surface area contributed by atoms with E-state index in [1.54, 1.807) is 0 Å². The van der Waals surface area contributed by atoms with Gasteiger partial charge in [-0.15, -0.1) is 0 Å². The standard InChI is InChI=1S/C5H9F3O2S2/c6-5(7,8)12(9,10)4-2-1-3-11/h11H,1-4H2. The number of halogens is 3. The highest BCUT2D eigenvalue weighted by atomic mass is 32.2. The molecule has 0 fully saturated rings. The zero-order valence-corrected chi connectivity index (χ0v) is 7.85. The topological polar surface area (TPSA) is 34.1 Å². The monoisotopic (exact) mass is 222 g/mol. The third-order valence-electron chi connectivity index (χ3n) is 1.17. The molecular weight excluding hydrogens is 213 g/mol. The summed E-state index contributed by atoms with van der Waals surface area (Å²) in [6.45, 7) is 0. The molecule has 0 aromatic carbocycles. The molecular formula is C5H9F3O2S2. The minimum atomic E-state index is -5.11. The molecule has 2 nitrogen and oxygen atoms in total. The Morgan fingerprint density at radius 3 is 2.00 bits per heavy atom. The van der Waals surface area contributed by atoms with Crippen LogP contribution in [0, 0.1) is 0 Å². The summed E-state index contributed by atoms with van der Waals surface area (Å²) in [5, 5.41) is 0. The van der Waals surface area contributed by atoms with Crippen molar-refractivity contribution in [1.29, 1.82) is 0 Å². The summed E-state index contributed by atoms with van der Waals surface area (Å²) in [5.74, 6) is -0.440. The van der Waals surface area contributed by atoms with E-state index in [0.717, 1.165) is 0 Å². The lowest BCUT2D eigenvalue weighted by atomic mass is 10.4. The van der Waals surface area contributed by atoms with Crippen molar-refractivity contribution in [3.05, 3.63) is 0 Å². The molecule has 0 rings (SSSR count). The van der Waals surface area contributed by atoms with Crippen LogP contribution >= 0.6 is 12.6 Å². The number of alkyl halides is 3. The predicted molar refractivity (Wildman–Crippen MR) is 42.9 cm³/mol. The summed E-state index contributed by atoms with van der Waals surface area (Å²) < 4.78 is 55.7. The Morgan fingerprint density at radius 2 is 1.67 bits per heavy atom. The maximum Gasteiger partial charge on any atom is 0.497 e. The van der Waals surface area contributed by atoms with Crippen LogP contribution in [0.5, 0.6) is 0 Å². The molecule has 0 saturated carbocycles. The van der Waals surface area contributed by atoms with Crippen LogP contribution in [-0.4, -0.2) is 25.4 Å². The molecule has 0 N–H and O–H groups in total. The number of unbranched alkanes of at least 4 members (excludes halogenated alkanes) is 1. The van der Waals surface area contributed by atoms with Gasteiger partial charge in [-0.05, 0) is 18.6 Å². The minimum absolute atomic E-state index is 0.00530. The number of thiol groups is 1. The molecule has 0 aromatic heterocycles. The maximum atomic E-state index is 11.7. The van der Waals surface area contributed by atoms with E-state index in [2.05, 4.69) is 12.6 Å². The molecule has 0 aromatic rings. The summed E-state index contributed by atoms with van der Waals surface area (Å²) in [4.78, 5) is 0. The summed E-state index contributed by atoms with van der Waals surface area (Å²) in [5.41, 5.74) is -5.11. The van der Waals surface area contributed by atoms with Crippen LogP contribution in [0.25, 0.3) is 0 Å². The lowest BCUT2D eigenvalue weighted by molar-refractivity contribution is -0.0435. The molecule has 0 saturated heterocycles. The van der Waals surface area contributed by atoms with Crippen molar-refractivity contribution in [2.24, 2.45) is 0 Å². The molecule has 0 atom stereocenters. The Morgan fingerprint density at radius 1 is 1.17 bits per heavy atom. The smallest absolute Gasteiger partial charge is 0.220 e. The molecule has 0 aliphatic rings. The van der Waals surface area contributed by atoms with E-state index in [1.165, 1.54) is 0 Å². The first-order valence-electron chi connectivity index (χ1n) is 3.21. The van der Waals surface area contributed by atoms with Gasteiger partial charge in [0.15, 0.2) is 0 Å². The van der Waals surface area contributed by atoms with Gasteiger partial charge in [-0.1, -0.05) is 0 Å². The van der Waals surface area contributed by atoms with E-state index in [-0.39, 0.29) is 6.42 Å². The molecule has 12 heavy (non-hydrogen) atoms. The van der Waals surface area contributed by atoms with Crippen LogP contribution in [-0.2, 0) is 9.84 Å². The minimum Gasteiger partial charge on any atom is -0.220 e. The van der Waals surface area contributed by atoms with E-state index in [4.69, 9.17) is 0 Å². The van der Waals surface area contributed by atoms with Crippen LogP contribution in [0.2, 0.25) is 0 Å². The van der Waals surface area contributed by atoms with Crippen molar-refractivity contribution in [3.8, 4) is 0 Å². The fraction of sp³-hybridized carbons (Fsp3) is 1.00. The van der Waals surface area contributed by atoms with Crippen LogP contribution < -0.4 is 0 Å². The SMILES string of the molecule is O=S(=O)(CCCCS)C(F)(F)F. The number of sulfone groups is 1. The largest absolute Gasteiger partial charge is 0.497 e. The maximum absolute atomic E-state index is 11.7. The van der Waals surface area contributed by atoms with Gasteiger partial charge in [-0.2, -0.15) is 25.8 Å². The van der Waals surface area contributed by atoms with Gasteiger partial charge in [0.1, 0.15) is 0 Å². The summed E-state index contributed by atoms with van der Waals surface area (Å²) in [7, 11) is -4.90. The molecule has 0 spiro atoms. The summed E-state index contributed by atoms with van der Waals surface area (Å²) in [6, 6.07) is 0. The van der Waals surface area contributed by atoms with Gasteiger partial charge < -0.3 is 0 Å². The Kier molecular flexibility index (Phi) is 4.39. The van der Waals surface area contributed by atoms with Crippen molar-refractivity contribution in [1.82, 2.24) is 0 Å². The van der Waals surface area contributed by atoms with E-state index in [0.29, 0.717) is 12.2 Å². The van der Waals surface area contributed by atoms with Crippen LogP contribution in [0.15, 0.2) is 0 Å². The van der Waals surface area contributed by atoms with Gasteiger partial charge in [0.05, 0.1) is 5.75 Å². The van der Waals surface area contributed by atoms with Gasteiger partial charge in [0.25, 0.3) is 0 Å². The zero-order chi connectivity index (χ0) is 9.83. The molecule has 0 unspecified atom stereocenters. The molecule has 0 aliphatic carbocycles. The van der Waals surface area contributed by atoms with E-state index < -0.39 is 21.1 Å². The third-order valence-corrected chi connectivity index (χ3v) is 3.02. The Hall–Kier alpha value is 0.0900. The van der Waals surface area contributed by atoms with Crippen LogP contribution in [0.1, 0.15) is 12.8 Å². The third kappa shape index (κ3) is 3.66. The quantitative estimate of drug-likeness (QED) is 0.579. The molecule has 7 heteroatoms. The molecule has 0 bridgehead atoms. The molecule has 0 amide bonds. The first-order chi connectivity index (χ1) is 5.31. The fourth-order valence-electron chi connectivity index (χ4n) is 0.520. The fourth-order valence-corrected chi connectivity index (χ4v) is 1.56. The Labute approximate surface area is 74.5 Å². The lowest BCUT2D eigenvalue weighted by Gasteiger charge is -2.06. The molecule has 0 aliphatic heterocycles. The van der Waals surface area contributed by atoms with Gasteiger partial charge in [-0.25, -0.2) is 8.42 Å². The molecule has 74 valence electrons. The van der Waals surface area contributed by atoms with E-state index >= 15 is 0 Å². The number of hydrogen-bond acceptors (Lipinski definition) is 3. The number of hydrogen-bond donors (Lipinski definition) is 1. The van der Waals surface area contributed by atoms with Crippen LogP contribution in [0.3, 0.4) is 0 Å². The highest BCUT2D eigenvalue weighted by molar-refractivity contribution is 7.92. The number of rotatable bonds is 4. The van der Waals surface area contributed by atoms with Crippen molar-refractivity contribution < 1.29 is 21.6 Å². The van der Waals surface area contributed by atoms with Crippen LogP contribution in [0.4, 0.5) is 13.2 Å². The van der Waals surface area contributed by atoms with E-state index in [9.17, 15) is 21.6 Å². The van der Waals surface area contributed by atoms with Gasteiger partial charge >= 0.3 is 5.51 Å². The lowest BCUT2D eigenvalue weighted by Crippen LogP contribution is -2.26. The highest BCUT2D eigenvalue weighted by Gasteiger charge is 2.44. The van der Waals surface area contributed by atoms with Gasteiger partial charge in [0.2, 0.25) is 9.84 Å². The van der Waals surface area contributed by atoms with Gasteiger partial charge in [0, 0.05) is 0 Å². The average molecular weight is 222 g/mol. The second kappa shape index (κ2) is 4.36. The zero-order valence-electron chi connectivity index (χ0n) is 6.13. The molecule has 0 radical (unpaired) electrons. The van der Waals surface area contributed by atoms with E-state index in [1.807, 2.05) is 0 Å².